The molecule has 0 spiro atoms. The molecular weight excluding hydrogens is 392 g/mol. The van der Waals surface area contributed by atoms with Gasteiger partial charge in [-0.2, -0.15) is 0 Å². The summed E-state index contributed by atoms with van der Waals surface area (Å²) in [7, 11) is 0. The number of nitrogens with zero attached hydrogens (tertiary/aromatic N) is 2. The summed E-state index contributed by atoms with van der Waals surface area (Å²) in [5.74, 6) is -1.95. The Morgan fingerprint density at radius 2 is 1.97 bits per heavy atom. The summed E-state index contributed by atoms with van der Waals surface area (Å²) in [4.78, 5) is 48.9. The lowest BCUT2D eigenvalue weighted by atomic mass is 9.99. The van der Waals surface area contributed by atoms with Gasteiger partial charge in [0, 0.05) is 11.6 Å². The van der Waals surface area contributed by atoms with E-state index >= 15 is 0 Å². The number of aromatic nitrogens is 1. The molecule has 1 aliphatic heterocycles. The maximum atomic E-state index is 12.3. The fourth-order valence-corrected chi connectivity index (χ4v) is 2.82. The molecule has 30 heavy (non-hydrogen) atoms. The topological polar surface area (TPSA) is 131 Å². The van der Waals surface area contributed by atoms with Gasteiger partial charge in [-0.15, -0.1) is 0 Å². The third-order valence-corrected chi connectivity index (χ3v) is 4.82. The van der Waals surface area contributed by atoms with Crippen LogP contribution in [0.1, 0.15) is 25.8 Å². The number of benzene rings is 1. The highest BCUT2D eigenvalue weighted by atomic mass is 16.5. The van der Waals surface area contributed by atoms with Crippen LogP contribution < -0.4 is 10.6 Å². The van der Waals surface area contributed by atoms with Gasteiger partial charge in [0.25, 0.3) is 11.8 Å². The van der Waals surface area contributed by atoms with Gasteiger partial charge in [0.2, 0.25) is 5.88 Å². The molecular formula is C20H22N4O6. The molecule has 1 saturated heterocycles. The van der Waals surface area contributed by atoms with Crippen LogP contribution in [-0.4, -0.2) is 52.6 Å². The van der Waals surface area contributed by atoms with E-state index in [1.807, 2.05) is 31.2 Å². The Bertz CT molecular complexity index is 983. The molecule has 0 aliphatic carbocycles. The van der Waals surface area contributed by atoms with Gasteiger partial charge >= 0.3 is 12.0 Å². The molecule has 1 fully saturated rings. The fourth-order valence-electron chi connectivity index (χ4n) is 2.82. The number of imide groups is 1. The Balaban J connectivity index is 1.49. The standard InChI is InChI=1S/C20H22N4O6/c1-4-20(3)18(27)24(19(28)22-20)10-17(26)29-11-15(25)21-16-9-14(23-30-16)13-7-5-12(2)6-8-13/h5-9H,4,10-11H2,1-3H3,(H,21,25)(H,22,28)/t20-/m1/s1. The monoisotopic (exact) mass is 414 g/mol. The van der Waals surface area contributed by atoms with Gasteiger partial charge in [-0.05, 0) is 20.3 Å². The highest BCUT2D eigenvalue weighted by Gasteiger charge is 2.47. The van der Waals surface area contributed by atoms with Crippen LogP contribution in [0.2, 0.25) is 0 Å². The number of anilines is 1. The maximum Gasteiger partial charge on any atom is 0.326 e. The Labute approximate surface area is 172 Å². The Morgan fingerprint density at radius 1 is 1.27 bits per heavy atom. The van der Waals surface area contributed by atoms with Crippen LogP contribution in [-0.2, 0) is 19.1 Å². The molecule has 1 atom stereocenters. The first kappa shape index (κ1) is 21.0. The van der Waals surface area contributed by atoms with Crippen molar-refractivity contribution in [3.63, 3.8) is 0 Å². The molecule has 158 valence electrons. The summed E-state index contributed by atoms with van der Waals surface area (Å²) in [6.07, 6.45) is 0.382. The van der Waals surface area contributed by atoms with Gasteiger partial charge in [0.15, 0.2) is 6.61 Å². The number of urea groups is 1. The number of rotatable bonds is 7. The predicted molar refractivity (Wildman–Crippen MR) is 105 cm³/mol. The molecule has 10 heteroatoms. The quantitative estimate of drug-likeness (QED) is 0.522. The van der Waals surface area contributed by atoms with E-state index in [-0.39, 0.29) is 5.88 Å². The van der Waals surface area contributed by atoms with E-state index < -0.39 is 42.5 Å². The van der Waals surface area contributed by atoms with E-state index in [4.69, 9.17) is 9.26 Å². The highest BCUT2D eigenvalue weighted by Crippen LogP contribution is 2.22. The minimum Gasteiger partial charge on any atom is -0.454 e. The first-order chi connectivity index (χ1) is 14.2. The average molecular weight is 414 g/mol. The third kappa shape index (κ3) is 4.48. The molecule has 1 aliphatic rings. The maximum absolute atomic E-state index is 12.3. The lowest BCUT2D eigenvalue weighted by molar-refractivity contribution is -0.150. The molecule has 0 unspecified atom stereocenters. The molecule has 0 saturated carbocycles. The van der Waals surface area contributed by atoms with Crippen LogP contribution in [0.25, 0.3) is 11.3 Å². The zero-order valence-electron chi connectivity index (χ0n) is 16.9. The zero-order chi connectivity index (χ0) is 21.9. The number of hydrogen-bond acceptors (Lipinski definition) is 7. The largest absolute Gasteiger partial charge is 0.454 e. The Hall–Kier alpha value is -3.69. The smallest absolute Gasteiger partial charge is 0.326 e. The summed E-state index contributed by atoms with van der Waals surface area (Å²) in [5.41, 5.74) is 1.42. The molecule has 2 N–H and O–H groups in total. The van der Waals surface area contributed by atoms with Crippen molar-refractivity contribution < 1.29 is 28.4 Å². The van der Waals surface area contributed by atoms with Crippen LogP contribution in [0.3, 0.4) is 0 Å². The first-order valence-electron chi connectivity index (χ1n) is 9.35. The number of carbonyl (C=O) groups is 4. The second-order valence-electron chi connectivity index (χ2n) is 7.16. The van der Waals surface area contributed by atoms with E-state index in [2.05, 4.69) is 15.8 Å². The van der Waals surface area contributed by atoms with Crippen molar-refractivity contribution in [2.24, 2.45) is 0 Å². The summed E-state index contributed by atoms with van der Waals surface area (Å²) in [6.45, 7) is 4.11. The van der Waals surface area contributed by atoms with E-state index in [1.165, 1.54) is 0 Å². The van der Waals surface area contributed by atoms with Crippen LogP contribution in [0.4, 0.5) is 10.7 Å². The highest BCUT2D eigenvalue weighted by molar-refractivity contribution is 6.08. The zero-order valence-corrected chi connectivity index (χ0v) is 16.9. The molecule has 1 aromatic heterocycles. The average Bonchev–Trinajstić information content (AvgIpc) is 3.26. The minimum absolute atomic E-state index is 0.0967. The SMILES string of the molecule is CC[C@@]1(C)NC(=O)N(CC(=O)OCC(=O)Nc2cc(-c3ccc(C)cc3)no2)C1=O. The number of aryl methyl sites for hydroxylation is 1. The number of ether oxygens (including phenoxy) is 1. The van der Waals surface area contributed by atoms with E-state index in [0.717, 1.165) is 16.0 Å². The van der Waals surface area contributed by atoms with Gasteiger partial charge < -0.3 is 14.6 Å². The van der Waals surface area contributed by atoms with Crippen LogP contribution >= 0.6 is 0 Å². The number of nitrogens with one attached hydrogen (secondary N) is 2. The summed E-state index contributed by atoms with van der Waals surface area (Å²) in [5, 5.41) is 8.84. The van der Waals surface area contributed by atoms with Crippen molar-refractivity contribution in [1.29, 1.82) is 0 Å². The van der Waals surface area contributed by atoms with Crippen molar-refractivity contribution in [3.05, 3.63) is 35.9 Å². The number of carbonyl (C=O) groups excluding carboxylic acids is 4. The normalized spacial score (nSPS) is 18.3. The molecule has 2 heterocycles. The van der Waals surface area contributed by atoms with Crippen molar-refractivity contribution in [2.75, 3.05) is 18.5 Å². The molecule has 1 aromatic carbocycles. The predicted octanol–water partition coefficient (Wildman–Crippen LogP) is 1.85. The Morgan fingerprint density at radius 3 is 2.60 bits per heavy atom. The lowest BCUT2D eigenvalue weighted by Crippen LogP contribution is -2.43. The molecule has 3 rings (SSSR count). The second kappa shape index (κ2) is 8.36. The molecule has 2 aromatic rings. The van der Waals surface area contributed by atoms with E-state index in [9.17, 15) is 19.2 Å². The molecule has 10 nitrogen and oxygen atoms in total. The summed E-state index contributed by atoms with van der Waals surface area (Å²) in [6, 6.07) is 8.48. The van der Waals surface area contributed by atoms with Gasteiger partial charge in [0.05, 0.1) is 0 Å². The number of esters is 1. The molecule has 4 amide bonds. The third-order valence-electron chi connectivity index (χ3n) is 4.82. The number of hydrogen-bond donors (Lipinski definition) is 2. The Kier molecular flexibility index (Phi) is 5.86. The van der Waals surface area contributed by atoms with Crippen molar-refractivity contribution in [2.45, 2.75) is 32.7 Å². The van der Waals surface area contributed by atoms with E-state index in [0.29, 0.717) is 12.1 Å². The van der Waals surface area contributed by atoms with E-state index in [1.54, 1.807) is 19.9 Å². The van der Waals surface area contributed by atoms with Crippen molar-refractivity contribution >= 4 is 29.7 Å². The first-order valence-corrected chi connectivity index (χ1v) is 9.35. The minimum atomic E-state index is -1.05. The van der Waals surface area contributed by atoms with Crippen LogP contribution in [0.15, 0.2) is 34.9 Å². The van der Waals surface area contributed by atoms with Gasteiger partial charge in [-0.25, -0.2) is 4.79 Å². The number of amides is 4. The van der Waals surface area contributed by atoms with Crippen molar-refractivity contribution in [3.8, 4) is 11.3 Å². The molecule has 0 radical (unpaired) electrons. The van der Waals surface area contributed by atoms with Gasteiger partial charge in [-0.3, -0.25) is 24.6 Å². The summed E-state index contributed by atoms with van der Waals surface area (Å²) >= 11 is 0. The van der Waals surface area contributed by atoms with Crippen LogP contribution in [0.5, 0.6) is 0 Å². The molecule has 0 bridgehead atoms. The fraction of sp³-hybridized carbons (Fsp3) is 0.350. The van der Waals surface area contributed by atoms with Crippen LogP contribution in [0, 0.1) is 6.92 Å². The lowest BCUT2D eigenvalue weighted by Gasteiger charge is -2.18. The van der Waals surface area contributed by atoms with Gasteiger partial charge in [0.1, 0.15) is 17.8 Å². The van der Waals surface area contributed by atoms with Gasteiger partial charge in [-0.1, -0.05) is 41.9 Å². The summed E-state index contributed by atoms with van der Waals surface area (Å²) < 4.78 is 9.92. The van der Waals surface area contributed by atoms with Crippen molar-refractivity contribution in [1.82, 2.24) is 15.4 Å². The second-order valence-corrected chi connectivity index (χ2v) is 7.16.